The number of benzene rings is 3. The molecule has 36 heavy (non-hydrogen) atoms. The van der Waals surface area contributed by atoms with E-state index in [1.807, 2.05) is 66.1 Å². The van der Waals surface area contributed by atoms with E-state index in [-0.39, 0.29) is 17.4 Å². The van der Waals surface area contributed by atoms with E-state index >= 15 is 0 Å². The van der Waals surface area contributed by atoms with E-state index < -0.39 is 0 Å². The minimum atomic E-state index is -0.288. The van der Waals surface area contributed by atoms with Crippen LogP contribution in [-0.4, -0.2) is 46.9 Å². The Bertz CT molecular complexity index is 1340. The number of phenolic OH excluding ortho intramolecular Hbond substituents is 1. The van der Waals surface area contributed by atoms with Crippen LogP contribution in [0.1, 0.15) is 12.5 Å². The van der Waals surface area contributed by atoms with Gasteiger partial charge in [0.1, 0.15) is 11.4 Å². The van der Waals surface area contributed by atoms with Gasteiger partial charge in [-0.2, -0.15) is 9.67 Å². The number of H-pyrrole nitrogens is 1. The van der Waals surface area contributed by atoms with Crippen molar-refractivity contribution in [2.24, 2.45) is 5.10 Å². The van der Waals surface area contributed by atoms with Crippen molar-refractivity contribution < 1.29 is 23.9 Å². The van der Waals surface area contributed by atoms with Gasteiger partial charge >= 0.3 is 5.16 Å². The first-order chi connectivity index (χ1) is 17.6. The molecular formula is C26H26N5O4S+. The fourth-order valence-electron chi connectivity index (χ4n) is 3.40. The van der Waals surface area contributed by atoms with Crippen LogP contribution in [0.5, 0.6) is 17.2 Å². The topological polar surface area (TPSA) is 113 Å². The van der Waals surface area contributed by atoms with Crippen LogP contribution in [-0.2, 0) is 4.79 Å². The summed E-state index contributed by atoms with van der Waals surface area (Å²) in [6.45, 7) is 2.53. The Labute approximate surface area is 212 Å². The minimum absolute atomic E-state index is 0.0322. The largest absolute Gasteiger partial charge is 0.504 e. The summed E-state index contributed by atoms with van der Waals surface area (Å²) in [5.74, 6) is 1.75. The summed E-state index contributed by atoms with van der Waals surface area (Å²) in [6.07, 6.45) is 1.48. The number of aromatic nitrogens is 3. The lowest BCUT2D eigenvalue weighted by Gasteiger charge is -2.06. The predicted molar refractivity (Wildman–Crippen MR) is 138 cm³/mol. The summed E-state index contributed by atoms with van der Waals surface area (Å²) in [7, 11) is 1.47. The Morgan fingerprint density at radius 3 is 2.67 bits per heavy atom. The second kappa shape index (κ2) is 11.9. The third kappa shape index (κ3) is 6.02. The molecule has 184 valence electrons. The van der Waals surface area contributed by atoms with Crippen molar-refractivity contribution in [1.29, 1.82) is 0 Å². The summed E-state index contributed by atoms with van der Waals surface area (Å²) in [4.78, 5) is 12.5. The zero-order valence-corrected chi connectivity index (χ0v) is 20.7. The van der Waals surface area contributed by atoms with Crippen molar-refractivity contribution in [1.82, 2.24) is 15.6 Å². The molecule has 0 atom stereocenters. The Balaban J connectivity index is 1.49. The molecule has 0 fully saturated rings. The van der Waals surface area contributed by atoms with Crippen LogP contribution in [0.4, 0.5) is 0 Å². The molecule has 1 amide bonds. The van der Waals surface area contributed by atoms with Crippen molar-refractivity contribution in [2.45, 2.75) is 12.1 Å². The van der Waals surface area contributed by atoms with Gasteiger partial charge in [-0.3, -0.25) is 4.79 Å². The number of hydrogen-bond acceptors (Lipinski definition) is 7. The smallest absolute Gasteiger partial charge is 0.342 e. The highest BCUT2D eigenvalue weighted by molar-refractivity contribution is 7.99. The first-order valence-electron chi connectivity index (χ1n) is 11.2. The number of methoxy groups -OCH3 is 1. The summed E-state index contributed by atoms with van der Waals surface area (Å²) in [5.41, 5.74) is 5.03. The fraction of sp³-hybridized carbons (Fsp3) is 0.154. The van der Waals surface area contributed by atoms with Crippen LogP contribution < -0.4 is 19.5 Å². The number of carbonyl (C=O) groups excluding carboxylic acids is 1. The molecule has 1 aromatic heterocycles. The van der Waals surface area contributed by atoms with E-state index in [1.54, 1.807) is 12.1 Å². The van der Waals surface area contributed by atoms with Crippen molar-refractivity contribution in [3.05, 3.63) is 78.4 Å². The van der Waals surface area contributed by atoms with E-state index in [9.17, 15) is 9.90 Å². The summed E-state index contributed by atoms with van der Waals surface area (Å²) in [5, 5.41) is 21.9. The number of ether oxygens (including phenoxy) is 2. The maximum absolute atomic E-state index is 12.5. The first kappa shape index (κ1) is 24.8. The zero-order valence-electron chi connectivity index (χ0n) is 19.8. The lowest BCUT2D eigenvalue weighted by molar-refractivity contribution is -0.625. The van der Waals surface area contributed by atoms with Crippen molar-refractivity contribution in [3.8, 4) is 34.3 Å². The van der Waals surface area contributed by atoms with Gasteiger partial charge in [-0.1, -0.05) is 18.2 Å². The van der Waals surface area contributed by atoms with Crippen LogP contribution in [0.15, 0.2) is 83.1 Å². The number of carbonyl (C=O) groups is 1. The second-order valence-electron chi connectivity index (χ2n) is 7.50. The SMILES string of the molecule is CCOc1ccc(-[n+]2c(SCC(=O)NN=Cc3ccc(O)c(OC)c3)n[nH]c2-c2ccccc2)cc1. The standard InChI is InChI=1S/C26H25N5O4S/c1-3-35-21-12-10-20(11-13-21)31-25(19-7-5-4-6-8-19)29-30-26(31)36-17-24(33)28-27-16-18-9-14-22(32)23(15-18)34-2/h4-16H,3,17H2,1-2H3,(H2,27,28,32,33)/p+1. The summed E-state index contributed by atoms with van der Waals surface area (Å²) >= 11 is 1.28. The van der Waals surface area contributed by atoms with E-state index in [0.717, 1.165) is 22.8 Å². The number of nitrogens with zero attached hydrogens (tertiary/aromatic N) is 3. The number of rotatable bonds is 10. The van der Waals surface area contributed by atoms with Gasteiger partial charge in [0.2, 0.25) is 0 Å². The second-order valence-corrected chi connectivity index (χ2v) is 8.44. The highest BCUT2D eigenvalue weighted by Crippen LogP contribution is 2.25. The molecule has 10 heteroatoms. The zero-order chi connectivity index (χ0) is 25.3. The number of amides is 1. The van der Waals surface area contributed by atoms with Gasteiger partial charge in [0.25, 0.3) is 11.7 Å². The van der Waals surface area contributed by atoms with Gasteiger partial charge in [0.15, 0.2) is 11.5 Å². The number of hydrogen-bond donors (Lipinski definition) is 3. The first-order valence-corrected chi connectivity index (χ1v) is 12.2. The van der Waals surface area contributed by atoms with Gasteiger partial charge in [-0.05, 0) is 78.8 Å². The highest BCUT2D eigenvalue weighted by atomic mass is 32.2. The lowest BCUT2D eigenvalue weighted by Crippen LogP contribution is -2.34. The van der Waals surface area contributed by atoms with Crippen molar-refractivity contribution >= 4 is 23.9 Å². The highest BCUT2D eigenvalue weighted by Gasteiger charge is 2.24. The number of aromatic hydroxyl groups is 1. The Hall–Kier alpha value is -4.31. The Kier molecular flexibility index (Phi) is 8.20. The molecule has 0 saturated carbocycles. The minimum Gasteiger partial charge on any atom is -0.504 e. The van der Waals surface area contributed by atoms with Crippen molar-refractivity contribution in [3.63, 3.8) is 0 Å². The Morgan fingerprint density at radius 1 is 1.17 bits per heavy atom. The third-order valence-corrected chi connectivity index (χ3v) is 6.00. The van der Waals surface area contributed by atoms with Crippen LogP contribution in [0, 0.1) is 0 Å². The molecule has 3 N–H and O–H groups in total. The average molecular weight is 505 g/mol. The fourth-order valence-corrected chi connectivity index (χ4v) is 4.16. The average Bonchev–Trinajstić information content (AvgIpc) is 3.33. The van der Waals surface area contributed by atoms with Gasteiger partial charge in [0, 0.05) is 0 Å². The van der Waals surface area contributed by atoms with Crippen LogP contribution in [0.2, 0.25) is 0 Å². The molecule has 0 aliphatic carbocycles. The van der Waals surface area contributed by atoms with Crippen molar-refractivity contribution in [2.75, 3.05) is 19.5 Å². The maximum atomic E-state index is 12.5. The van der Waals surface area contributed by atoms with E-state index in [0.29, 0.717) is 23.1 Å². The van der Waals surface area contributed by atoms with E-state index in [2.05, 4.69) is 20.7 Å². The van der Waals surface area contributed by atoms with Crippen LogP contribution in [0.3, 0.4) is 0 Å². The molecule has 1 heterocycles. The van der Waals surface area contributed by atoms with Crippen LogP contribution >= 0.6 is 11.8 Å². The molecule has 0 unspecified atom stereocenters. The Morgan fingerprint density at radius 2 is 1.94 bits per heavy atom. The van der Waals surface area contributed by atoms with Gasteiger partial charge in [-0.15, -0.1) is 5.10 Å². The normalized spacial score (nSPS) is 10.9. The third-order valence-electron chi connectivity index (χ3n) is 5.06. The quantitative estimate of drug-likeness (QED) is 0.131. The number of phenols is 1. The van der Waals surface area contributed by atoms with Crippen LogP contribution in [0.25, 0.3) is 17.1 Å². The molecule has 3 aromatic carbocycles. The molecule has 0 bridgehead atoms. The predicted octanol–water partition coefficient (Wildman–Crippen LogP) is 3.71. The number of hydrazone groups is 1. The monoisotopic (exact) mass is 504 g/mol. The van der Waals surface area contributed by atoms with E-state index in [1.165, 1.54) is 31.2 Å². The molecule has 0 aliphatic heterocycles. The maximum Gasteiger partial charge on any atom is 0.342 e. The molecule has 4 aromatic rings. The van der Waals surface area contributed by atoms with Gasteiger partial charge in [0.05, 0.1) is 36.3 Å². The molecule has 4 rings (SSSR count). The van der Waals surface area contributed by atoms with Gasteiger partial charge < -0.3 is 14.6 Å². The molecule has 0 saturated heterocycles. The number of nitrogens with one attached hydrogen (secondary N) is 2. The molecule has 0 radical (unpaired) electrons. The molecule has 0 spiro atoms. The summed E-state index contributed by atoms with van der Waals surface area (Å²) in [6, 6.07) is 22.4. The van der Waals surface area contributed by atoms with E-state index in [4.69, 9.17) is 9.47 Å². The number of aromatic amines is 1. The summed E-state index contributed by atoms with van der Waals surface area (Å²) < 4.78 is 12.6. The number of thioether (sulfide) groups is 1. The van der Waals surface area contributed by atoms with Gasteiger partial charge in [-0.25, -0.2) is 5.43 Å². The molecule has 0 aliphatic rings. The molecular weight excluding hydrogens is 478 g/mol. The molecule has 9 nitrogen and oxygen atoms in total. The lowest BCUT2D eigenvalue weighted by atomic mass is 10.2.